The average Bonchev–Trinajstić information content (AvgIpc) is 1.35. The van der Waals surface area contributed by atoms with Crippen molar-refractivity contribution in [2.75, 3.05) is 7.11 Å². The van der Waals surface area contributed by atoms with Crippen LogP contribution in [-0.4, -0.2) is 22.9 Å². The lowest BCUT2D eigenvalue weighted by Gasteiger charge is -1.89. The first-order valence-corrected chi connectivity index (χ1v) is 2.94. The third kappa shape index (κ3) is 4.04. The van der Waals surface area contributed by atoms with E-state index < -0.39 is 15.8 Å². The van der Waals surface area contributed by atoms with Crippen molar-refractivity contribution in [2.45, 2.75) is 6.05 Å². The second kappa shape index (κ2) is 3.24. The van der Waals surface area contributed by atoms with Crippen molar-refractivity contribution in [3.05, 3.63) is 0 Å². The summed E-state index contributed by atoms with van der Waals surface area (Å²) in [5.74, 6) is 0. The molecule has 4 heteroatoms. The van der Waals surface area contributed by atoms with Gasteiger partial charge < -0.3 is 4.43 Å². The molecule has 0 aliphatic carbocycles. The summed E-state index contributed by atoms with van der Waals surface area (Å²) in [6.07, 6.45) is 0. The quantitative estimate of drug-likeness (QED) is 0.455. The van der Waals surface area contributed by atoms with E-state index in [1.807, 2.05) is 0 Å². The molecule has 0 atom stereocenters. The summed E-state index contributed by atoms with van der Waals surface area (Å²) in [6, 6.07) is -2.19. The van der Waals surface area contributed by atoms with E-state index in [-0.39, 0.29) is 0 Å². The largest absolute Gasteiger partial charge is 0.421 e. The maximum atomic E-state index is 11.0. The summed E-state index contributed by atoms with van der Waals surface area (Å²) < 4.78 is 26.1. The Bertz CT molecular complexity index is 32.7. The monoisotopic (exact) mass is 112 g/mol. The van der Waals surface area contributed by atoms with Crippen LogP contribution in [0, 0.1) is 0 Å². The van der Waals surface area contributed by atoms with Crippen LogP contribution >= 0.6 is 0 Å². The molecule has 0 bridgehead atoms. The highest BCUT2D eigenvalue weighted by atomic mass is 28.2. The van der Waals surface area contributed by atoms with Gasteiger partial charge >= 0.3 is 0 Å². The molecule has 38 valence electrons. The molecule has 0 aromatic heterocycles. The van der Waals surface area contributed by atoms with Crippen LogP contribution < -0.4 is 0 Å². The molecule has 6 heavy (non-hydrogen) atoms. The predicted octanol–water partition coefficient (Wildman–Crippen LogP) is -0.0608. The van der Waals surface area contributed by atoms with Crippen molar-refractivity contribution in [1.82, 2.24) is 0 Å². The molecule has 0 aliphatic heterocycles. The SMILES string of the molecule is CO[SiH2]C(F)F. The lowest BCUT2D eigenvalue weighted by Crippen LogP contribution is -2.05. The van der Waals surface area contributed by atoms with Crippen LogP contribution in [0.5, 0.6) is 0 Å². The minimum atomic E-state index is -2.19. The summed E-state index contributed by atoms with van der Waals surface area (Å²) >= 11 is 0. The van der Waals surface area contributed by atoms with E-state index in [0.29, 0.717) is 0 Å². The van der Waals surface area contributed by atoms with Gasteiger partial charge in [-0.15, -0.1) is 0 Å². The molecule has 0 unspecified atom stereocenters. The third-order valence-corrected chi connectivity index (χ3v) is 0.878. The van der Waals surface area contributed by atoms with Gasteiger partial charge in [0.15, 0.2) is 0 Å². The first-order chi connectivity index (χ1) is 2.77. The number of halogens is 2. The van der Waals surface area contributed by atoms with Crippen molar-refractivity contribution in [2.24, 2.45) is 0 Å². The van der Waals surface area contributed by atoms with Gasteiger partial charge in [-0.2, -0.15) is 0 Å². The molecule has 0 amide bonds. The molecule has 0 N–H and O–H groups in total. The number of hydrogen-bond acceptors (Lipinski definition) is 1. The van der Waals surface area contributed by atoms with E-state index in [9.17, 15) is 8.78 Å². The standard InChI is InChI=1S/C2H6F2OSi/c1-5-6-2(3)4/h2H,6H2,1H3. The van der Waals surface area contributed by atoms with Gasteiger partial charge in [-0.25, -0.2) is 8.78 Å². The molecule has 0 aromatic rings. The molecular formula is C2H6F2OSi. The zero-order valence-corrected chi connectivity index (χ0v) is 4.86. The Balaban J connectivity index is 2.63. The lowest BCUT2D eigenvalue weighted by atomic mass is 11.7. The van der Waals surface area contributed by atoms with Gasteiger partial charge in [-0.1, -0.05) is 0 Å². The molecule has 0 spiro atoms. The van der Waals surface area contributed by atoms with Crippen molar-refractivity contribution in [3.8, 4) is 0 Å². The Kier molecular flexibility index (Phi) is 3.26. The van der Waals surface area contributed by atoms with Crippen LogP contribution in [-0.2, 0) is 4.43 Å². The highest BCUT2D eigenvalue weighted by Crippen LogP contribution is 1.85. The van der Waals surface area contributed by atoms with E-state index >= 15 is 0 Å². The van der Waals surface area contributed by atoms with E-state index in [1.54, 1.807) is 0 Å². The van der Waals surface area contributed by atoms with Gasteiger partial charge in [0, 0.05) is 7.11 Å². The van der Waals surface area contributed by atoms with E-state index in [1.165, 1.54) is 7.11 Å². The van der Waals surface area contributed by atoms with Crippen LogP contribution in [0.2, 0.25) is 0 Å². The molecule has 0 saturated heterocycles. The summed E-state index contributed by atoms with van der Waals surface area (Å²) in [5.41, 5.74) is 0. The van der Waals surface area contributed by atoms with E-state index in [0.717, 1.165) is 0 Å². The Morgan fingerprint density at radius 3 is 2.17 bits per heavy atom. The van der Waals surface area contributed by atoms with Crippen LogP contribution in [0.1, 0.15) is 0 Å². The van der Waals surface area contributed by atoms with Gasteiger partial charge in [0.1, 0.15) is 0 Å². The minimum Gasteiger partial charge on any atom is -0.421 e. The zero-order valence-electron chi connectivity index (χ0n) is 3.45. The third-order valence-electron chi connectivity index (χ3n) is 0.293. The summed E-state index contributed by atoms with van der Waals surface area (Å²) in [4.78, 5) is 0. The zero-order chi connectivity index (χ0) is 4.99. The van der Waals surface area contributed by atoms with Crippen LogP contribution in [0.25, 0.3) is 0 Å². The van der Waals surface area contributed by atoms with Crippen molar-refractivity contribution >= 4 is 9.76 Å². The Morgan fingerprint density at radius 1 is 1.67 bits per heavy atom. The Hall–Kier alpha value is 0.0369. The van der Waals surface area contributed by atoms with Gasteiger partial charge in [0.2, 0.25) is 15.8 Å². The number of rotatable bonds is 2. The highest BCUT2D eigenvalue weighted by molar-refractivity contribution is 6.28. The maximum Gasteiger partial charge on any atom is 0.242 e. The van der Waals surface area contributed by atoms with E-state index in [4.69, 9.17) is 0 Å². The fraction of sp³-hybridized carbons (Fsp3) is 1.00. The first kappa shape index (κ1) is 6.04. The fourth-order valence-electron chi connectivity index (χ4n) is 0.126. The molecule has 0 aliphatic rings. The molecule has 0 saturated carbocycles. The molecule has 0 fully saturated rings. The molecule has 0 aromatic carbocycles. The molecule has 0 radical (unpaired) electrons. The minimum absolute atomic E-state index is 1.30. The van der Waals surface area contributed by atoms with Crippen molar-refractivity contribution in [3.63, 3.8) is 0 Å². The molecular weight excluding hydrogens is 106 g/mol. The average molecular weight is 112 g/mol. The van der Waals surface area contributed by atoms with E-state index in [2.05, 4.69) is 4.43 Å². The second-order valence-electron chi connectivity index (χ2n) is 0.846. The molecule has 0 heterocycles. The number of alkyl halides is 2. The van der Waals surface area contributed by atoms with Crippen molar-refractivity contribution < 1.29 is 13.2 Å². The number of hydrogen-bond donors (Lipinski definition) is 0. The summed E-state index contributed by atoms with van der Waals surface area (Å²) in [5, 5.41) is 0. The molecule has 1 nitrogen and oxygen atoms in total. The summed E-state index contributed by atoms with van der Waals surface area (Å²) in [7, 11) is -0.173. The Morgan fingerprint density at radius 2 is 2.17 bits per heavy atom. The topological polar surface area (TPSA) is 9.23 Å². The highest BCUT2D eigenvalue weighted by Gasteiger charge is 1.98. The van der Waals surface area contributed by atoms with Crippen molar-refractivity contribution in [1.29, 1.82) is 0 Å². The maximum absolute atomic E-state index is 11.0. The van der Waals surface area contributed by atoms with Crippen LogP contribution in [0.4, 0.5) is 8.78 Å². The summed E-state index contributed by atoms with van der Waals surface area (Å²) in [6.45, 7) is 0. The second-order valence-corrected chi connectivity index (χ2v) is 2.37. The van der Waals surface area contributed by atoms with Gasteiger partial charge in [0.25, 0.3) is 0 Å². The molecule has 0 rings (SSSR count). The van der Waals surface area contributed by atoms with Crippen LogP contribution in [0.15, 0.2) is 0 Å². The Labute approximate surface area is 37.2 Å². The first-order valence-electron chi connectivity index (χ1n) is 1.54. The van der Waals surface area contributed by atoms with Gasteiger partial charge in [-0.05, 0) is 0 Å². The normalized spacial score (nSPS) is 12.0. The fourth-order valence-corrected chi connectivity index (χ4v) is 0.378. The van der Waals surface area contributed by atoms with Gasteiger partial charge in [-0.3, -0.25) is 0 Å². The van der Waals surface area contributed by atoms with Crippen LogP contribution in [0.3, 0.4) is 0 Å². The lowest BCUT2D eigenvalue weighted by molar-refractivity contribution is 0.212. The van der Waals surface area contributed by atoms with Gasteiger partial charge in [0.05, 0.1) is 0 Å². The smallest absolute Gasteiger partial charge is 0.242 e. The predicted molar refractivity (Wildman–Crippen MR) is 21.6 cm³/mol.